The predicted octanol–water partition coefficient (Wildman–Crippen LogP) is 4.94. The van der Waals surface area contributed by atoms with Crippen LogP contribution in [0.2, 0.25) is 5.02 Å². The SMILES string of the molecule is C[C@H]1c2ccccc2[C@]2(N3CCCCC3)C(c3ccc(Cl)cc3)=NO[C@H]12. The first kappa shape index (κ1) is 16.3. The summed E-state index contributed by atoms with van der Waals surface area (Å²) in [5.74, 6) is 0.321. The number of oxime groups is 1. The second-order valence-electron chi connectivity index (χ2n) is 7.66. The third kappa shape index (κ3) is 2.14. The molecule has 0 bridgehead atoms. The molecule has 2 heterocycles. The van der Waals surface area contributed by atoms with Gasteiger partial charge in [0.2, 0.25) is 0 Å². The van der Waals surface area contributed by atoms with Crippen LogP contribution in [0.15, 0.2) is 53.7 Å². The number of hydrogen-bond donors (Lipinski definition) is 0. The molecule has 1 fully saturated rings. The number of nitrogens with zero attached hydrogens (tertiary/aromatic N) is 2. The largest absolute Gasteiger partial charge is 0.389 e. The van der Waals surface area contributed by atoms with E-state index in [1.807, 2.05) is 12.1 Å². The van der Waals surface area contributed by atoms with E-state index in [0.717, 1.165) is 29.4 Å². The van der Waals surface area contributed by atoms with Crippen molar-refractivity contribution in [2.24, 2.45) is 5.16 Å². The summed E-state index contributed by atoms with van der Waals surface area (Å²) in [5, 5.41) is 5.40. The first-order chi connectivity index (χ1) is 12.7. The van der Waals surface area contributed by atoms with Gasteiger partial charge in [-0.3, -0.25) is 4.90 Å². The van der Waals surface area contributed by atoms with Crippen molar-refractivity contribution in [2.45, 2.75) is 43.7 Å². The minimum absolute atomic E-state index is 0.0312. The summed E-state index contributed by atoms with van der Waals surface area (Å²) in [6.45, 7) is 4.45. The molecule has 0 amide bonds. The summed E-state index contributed by atoms with van der Waals surface area (Å²) in [6.07, 6.45) is 3.81. The molecule has 134 valence electrons. The highest BCUT2D eigenvalue weighted by atomic mass is 35.5. The van der Waals surface area contributed by atoms with Gasteiger partial charge in [-0.15, -0.1) is 0 Å². The van der Waals surface area contributed by atoms with E-state index in [9.17, 15) is 0 Å². The van der Waals surface area contributed by atoms with Gasteiger partial charge in [0.25, 0.3) is 0 Å². The number of fused-ring (bicyclic) bond motifs is 3. The monoisotopic (exact) mass is 366 g/mol. The van der Waals surface area contributed by atoms with E-state index in [-0.39, 0.29) is 11.6 Å². The number of hydrogen-bond acceptors (Lipinski definition) is 3. The zero-order chi connectivity index (χ0) is 17.7. The van der Waals surface area contributed by atoms with E-state index in [1.165, 1.54) is 30.4 Å². The van der Waals surface area contributed by atoms with Gasteiger partial charge in [0.15, 0.2) is 6.10 Å². The number of likely N-dealkylation sites (tertiary alicyclic amines) is 1. The van der Waals surface area contributed by atoms with Crippen molar-refractivity contribution in [3.8, 4) is 0 Å². The fraction of sp³-hybridized carbons (Fsp3) is 0.409. The fourth-order valence-corrected chi connectivity index (χ4v) is 5.28. The summed E-state index contributed by atoms with van der Waals surface area (Å²) < 4.78 is 0. The Kier molecular flexibility index (Phi) is 3.84. The fourth-order valence-electron chi connectivity index (χ4n) is 5.16. The average molecular weight is 367 g/mol. The van der Waals surface area contributed by atoms with Crippen LogP contribution in [0.5, 0.6) is 0 Å². The van der Waals surface area contributed by atoms with Crippen molar-refractivity contribution in [3.05, 3.63) is 70.2 Å². The van der Waals surface area contributed by atoms with E-state index >= 15 is 0 Å². The molecule has 4 heteroatoms. The molecular weight excluding hydrogens is 344 g/mol. The Hall–Kier alpha value is -1.84. The van der Waals surface area contributed by atoms with E-state index in [1.54, 1.807) is 0 Å². The first-order valence-electron chi connectivity index (χ1n) is 9.57. The zero-order valence-electron chi connectivity index (χ0n) is 15.0. The molecule has 2 aromatic rings. The van der Waals surface area contributed by atoms with Crippen molar-refractivity contribution in [1.29, 1.82) is 0 Å². The van der Waals surface area contributed by atoms with E-state index < -0.39 is 0 Å². The lowest BCUT2D eigenvalue weighted by Crippen LogP contribution is -2.57. The van der Waals surface area contributed by atoms with Gasteiger partial charge < -0.3 is 4.84 Å². The molecule has 3 aliphatic rings. The minimum atomic E-state index is -0.287. The number of rotatable bonds is 2. The van der Waals surface area contributed by atoms with Gasteiger partial charge in [0, 0.05) is 16.5 Å². The number of piperidine rings is 1. The molecule has 0 N–H and O–H groups in total. The molecular formula is C22H23ClN2O. The molecule has 0 saturated carbocycles. The standard InChI is InChI=1S/C22H23ClN2O/c1-15-18-7-3-4-8-19(18)22(25-13-5-2-6-14-25)20(24-26-21(15)22)16-9-11-17(23)12-10-16/h3-4,7-12,15,21H,2,5-6,13-14H2,1H3/t15-,21+,22-/m0/s1. The van der Waals surface area contributed by atoms with Crippen LogP contribution < -0.4 is 0 Å². The van der Waals surface area contributed by atoms with E-state index in [0.29, 0.717) is 5.92 Å². The summed E-state index contributed by atoms with van der Waals surface area (Å²) in [5.41, 5.74) is 4.61. The molecule has 26 heavy (non-hydrogen) atoms. The van der Waals surface area contributed by atoms with Crippen LogP contribution in [0.3, 0.4) is 0 Å². The van der Waals surface area contributed by atoms with Crippen LogP contribution in [0, 0.1) is 0 Å². The smallest absolute Gasteiger partial charge is 0.162 e. The van der Waals surface area contributed by atoms with Gasteiger partial charge in [-0.25, -0.2) is 0 Å². The molecule has 3 nitrogen and oxygen atoms in total. The lowest BCUT2D eigenvalue weighted by atomic mass is 9.78. The van der Waals surface area contributed by atoms with Gasteiger partial charge in [-0.2, -0.15) is 0 Å². The molecule has 2 aliphatic heterocycles. The summed E-state index contributed by atoms with van der Waals surface area (Å²) >= 11 is 6.14. The van der Waals surface area contributed by atoms with Crippen LogP contribution in [0.25, 0.3) is 0 Å². The van der Waals surface area contributed by atoms with Crippen LogP contribution in [0.4, 0.5) is 0 Å². The van der Waals surface area contributed by atoms with Crippen LogP contribution in [0.1, 0.15) is 48.8 Å². The van der Waals surface area contributed by atoms with Gasteiger partial charge in [0.05, 0.1) is 0 Å². The van der Waals surface area contributed by atoms with Crippen molar-refractivity contribution in [2.75, 3.05) is 13.1 Å². The van der Waals surface area contributed by atoms with Crippen molar-refractivity contribution >= 4 is 17.3 Å². The van der Waals surface area contributed by atoms with Crippen LogP contribution in [-0.2, 0) is 10.4 Å². The third-order valence-electron chi connectivity index (χ3n) is 6.32. The Morgan fingerprint density at radius 3 is 2.54 bits per heavy atom. The Bertz CT molecular complexity index is 857. The molecule has 5 rings (SSSR count). The topological polar surface area (TPSA) is 24.8 Å². The summed E-state index contributed by atoms with van der Waals surface area (Å²) in [7, 11) is 0. The first-order valence-corrected chi connectivity index (χ1v) is 9.95. The Balaban J connectivity index is 1.72. The van der Waals surface area contributed by atoms with Gasteiger partial charge >= 0.3 is 0 Å². The van der Waals surface area contributed by atoms with Crippen LogP contribution >= 0.6 is 11.6 Å². The molecule has 0 unspecified atom stereocenters. The number of benzene rings is 2. The normalized spacial score (nSPS) is 30.5. The second-order valence-corrected chi connectivity index (χ2v) is 8.10. The molecule has 3 atom stereocenters. The van der Waals surface area contributed by atoms with Gasteiger partial charge in [0.1, 0.15) is 11.3 Å². The lowest BCUT2D eigenvalue weighted by molar-refractivity contribution is -0.0205. The van der Waals surface area contributed by atoms with Gasteiger partial charge in [-0.05, 0) is 49.2 Å². The lowest BCUT2D eigenvalue weighted by Gasteiger charge is -2.44. The van der Waals surface area contributed by atoms with Crippen molar-refractivity contribution in [1.82, 2.24) is 4.90 Å². The predicted molar refractivity (Wildman–Crippen MR) is 105 cm³/mol. The van der Waals surface area contributed by atoms with Crippen LogP contribution in [-0.4, -0.2) is 29.8 Å². The Morgan fingerprint density at radius 2 is 1.77 bits per heavy atom. The minimum Gasteiger partial charge on any atom is -0.389 e. The highest BCUT2D eigenvalue weighted by Gasteiger charge is 2.62. The maximum absolute atomic E-state index is 6.14. The maximum atomic E-state index is 6.14. The van der Waals surface area contributed by atoms with Crippen molar-refractivity contribution in [3.63, 3.8) is 0 Å². The van der Waals surface area contributed by atoms with Crippen molar-refractivity contribution < 1.29 is 4.84 Å². The average Bonchev–Trinajstić information content (AvgIpc) is 3.20. The molecule has 1 saturated heterocycles. The quantitative estimate of drug-likeness (QED) is 0.751. The second kappa shape index (κ2) is 6.11. The van der Waals surface area contributed by atoms with Gasteiger partial charge in [-0.1, -0.05) is 66.5 Å². The molecule has 0 radical (unpaired) electrons. The molecule has 0 aromatic heterocycles. The summed E-state index contributed by atoms with van der Waals surface area (Å²) in [6, 6.07) is 16.9. The summed E-state index contributed by atoms with van der Waals surface area (Å²) in [4.78, 5) is 8.77. The highest BCUT2D eigenvalue weighted by Crippen LogP contribution is 2.54. The molecule has 0 spiro atoms. The maximum Gasteiger partial charge on any atom is 0.162 e. The van der Waals surface area contributed by atoms with E-state index in [2.05, 4.69) is 53.4 Å². The number of halogens is 1. The highest BCUT2D eigenvalue weighted by molar-refractivity contribution is 6.30. The zero-order valence-corrected chi connectivity index (χ0v) is 15.7. The molecule has 1 aliphatic carbocycles. The Labute approximate surface area is 159 Å². The third-order valence-corrected chi connectivity index (χ3v) is 6.57. The van der Waals surface area contributed by atoms with E-state index in [4.69, 9.17) is 16.4 Å². The Morgan fingerprint density at radius 1 is 1.04 bits per heavy atom. The molecule has 2 aromatic carbocycles.